The van der Waals surface area contributed by atoms with Crippen molar-refractivity contribution in [1.29, 1.82) is 0 Å². The van der Waals surface area contributed by atoms with Crippen LogP contribution in [0.1, 0.15) is 69.6 Å². The fourth-order valence-corrected chi connectivity index (χ4v) is 4.61. The maximum Gasteiger partial charge on any atom is 0.416 e. The standard InChI is InChI=1S/C23H28F6N2O2.CH4/c1-21(5-8-31(9-6-21)20(33)19-4-2-3-7-30-19)14-18(32)12-15-10-16(22(24,25)26)13-17(11-15)23(27,28)29;/h10-11,13,19,30H,2-9,12,14H2,1H3;1H4/t19-;/m0./s1. The first-order chi connectivity index (χ1) is 15.3. The van der Waals surface area contributed by atoms with Crippen LogP contribution in [-0.4, -0.2) is 42.3 Å². The van der Waals surface area contributed by atoms with E-state index in [0.717, 1.165) is 25.8 Å². The van der Waals surface area contributed by atoms with Gasteiger partial charge in [0, 0.05) is 25.9 Å². The van der Waals surface area contributed by atoms with Gasteiger partial charge in [-0.25, -0.2) is 0 Å². The summed E-state index contributed by atoms with van der Waals surface area (Å²) in [5.74, 6) is -0.370. The molecule has 1 aromatic rings. The summed E-state index contributed by atoms with van der Waals surface area (Å²) in [6.45, 7) is 3.63. The van der Waals surface area contributed by atoms with E-state index < -0.39 is 41.1 Å². The van der Waals surface area contributed by atoms with Gasteiger partial charge in [-0.15, -0.1) is 0 Å². The highest BCUT2D eigenvalue weighted by Gasteiger charge is 2.38. The lowest BCUT2D eigenvalue weighted by Crippen LogP contribution is -2.52. The number of nitrogens with zero attached hydrogens (tertiary/aromatic N) is 1. The summed E-state index contributed by atoms with van der Waals surface area (Å²) in [6, 6.07) is 1.08. The summed E-state index contributed by atoms with van der Waals surface area (Å²) in [7, 11) is 0. The summed E-state index contributed by atoms with van der Waals surface area (Å²) in [6.07, 6.45) is -6.43. The Bertz CT molecular complexity index is 835. The highest BCUT2D eigenvalue weighted by atomic mass is 19.4. The number of hydrogen-bond donors (Lipinski definition) is 1. The molecule has 0 unspecified atom stereocenters. The molecule has 4 nitrogen and oxygen atoms in total. The number of nitrogens with one attached hydrogen (secondary N) is 1. The molecule has 0 aliphatic carbocycles. The highest BCUT2D eigenvalue weighted by Crippen LogP contribution is 2.38. The molecule has 2 saturated heterocycles. The number of ketones is 1. The average Bonchev–Trinajstić information content (AvgIpc) is 2.72. The van der Waals surface area contributed by atoms with E-state index in [1.807, 2.05) is 6.92 Å². The molecule has 3 rings (SSSR count). The Morgan fingerprint density at radius 2 is 1.56 bits per heavy atom. The van der Waals surface area contributed by atoms with Crippen molar-refractivity contribution < 1.29 is 35.9 Å². The van der Waals surface area contributed by atoms with E-state index in [1.165, 1.54) is 0 Å². The Morgan fingerprint density at radius 3 is 2.03 bits per heavy atom. The number of amides is 1. The molecule has 2 aliphatic heterocycles. The second kappa shape index (κ2) is 10.7. The molecule has 0 aromatic heterocycles. The SMILES string of the molecule is C.CC1(CC(=O)Cc2cc(C(F)(F)F)cc(C(F)(F)F)c2)CCN(C(=O)[C@@H]2CCCCN2)CC1. The molecule has 1 amide bonds. The Morgan fingerprint density at radius 1 is 1.00 bits per heavy atom. The topological polar surface area (TPSA) is 49.4 Å². The van der Waals surface area contributed by atoms with Gasteiger partial charge in [-0.1, -0.05) is 20.8 Å². The summed E-state index contributed by atoms with van der Waals surface area (Å²) >= 11 is 0. The molecule has 1 N–H and O–H groups in total. The normalized spacial score (nSPS) is 21.0. The molecule has 1 atom stereocenters. The van der Waals surface area contributed by atoms with Crippen LogP contribution in [-0.2, 0) is 28.4 Å². The van der Waals surface area contributed by atoms with Crippen LogP contribution in [0.5, 0.6) is 0 Å². The number of carbonyl (C=O) groups excluding carboxylic acids is 2. The first-order valence-corrected chi connectivity index (χ1v) is 11.1. The van der Waals surface area contributed by atoms with Gasteiger partial charge in [0.2, 0.25) is 5.91 Å². The first-order valence-electron chi connectivity index (χ1n) is 11.1. The zero-order chi connectivity index (χ0) is 24.4. The summed E-state index contributed by atoms with van der Waals surface area (Å²) < 4.78 is 78.3. The number of Topliss-reactive ketones (excluding diaryl/α,β-unsaturated/α-hetero) is 1. The monoisotopic (exact) mass is 494 g/mol. The van der Waals surface area contributed by atoms with Crippen LogP contribution in [0.15, 0.2) is 18.2 Å². The van der Waals surface area contributed by atoms with Crippen LogP contribution in [0.2, 0.25) is 0 Å². The van der Waals surface area contributed by atoms with Gasteiger partial charge in [0.25, 0.3) is 0 Å². The third kappa shape index (κ3) is 7.20. The van der Waals surface area contributed by atoms with Crippen LogP contribution >= 0.6 is 0 Å². The molecule has 2 fully saturated rings. The van der Waals surface area contributed by atoms with Gasteiger partial charge in [0.15, 0.2) is 0 Å². The number of likely N-dealkylation sites (tertiary alicyclic amines) is 1. The number of carbonyl (C=O) groups is 2. The smallest absolute Gasteiger partial charge is 0.341 e. The molecule has 0 bridgehead atoms. The van der Waals surface area contributed by atoms with Crippen molar-refractivity contribution in [2.45, 2.75) is 77.7 Å². The summed E-state index contributed by atoms with van der Waals surface area (Å²) in [4.78, 5) is 27.1. The zero-order valence-electron chi connectivity index (χ0n) is 18.4. The van der Waals surface area contributed by atoms with E-state index in [4.69, 9.17) is 0 Å². The predicted octanol–water partition coefficient (Wildman–Crippen LogP) is 5.63. The van der Waals surface area contributed by atoms with E-state index >= 15 is 0 Å². The summed E-state index contributed by atoms with van der Waals surface area (Å²) in [5, 5.41) is 3.22. The van der Waals surface area contributed by atoms with Crippen LogP contribution in [0.25, 0.3) is 0 Å². The quantitative estimate of drug-likeness (QED) is 0.540. The van der Waals surface area contributed by atoms with E-state index in [9.17, 15) is 35.9 Å². The van der Waals surface area contributed by atoms with Crippen molar-refractivity contribution in [2.24, 2.45) is 5.41 Å². The third-order valence-electron chi connectivity index (χ3n) is 6.56. The second-order valence-corrected chi connectivity index (χ2v) is 9.44. The molecule has 2 aliphatic rings. The van der Waals surface area contributed by atoms with Crippen LogP contribution in [0.3, 0.4) is 0 Å². The lowest BCUT2D eigenvalue weighted by Gasteiger charge is -2.40. The molecule has 10 heteroatoms. The number of rotatable bonds is 5. The number of piperidine rings is 2. The minimum absolute atomic E-state index is 0. The van der Waals surface area contributed by atoms with E-state index in [0.29, 0.717) is 38.1 Å². The van der Waals surface area contributed by atoms with Crippen LogP contribution in [0, 0.1) is 5.41 Å². The summed E-state index contributed by atoms with van der Waals surface area (Å²) in [5.41, 5.74) is -3.60. The van der Waals surface area contributed by atoms with Crippen molar-refractivity contribution >= 4 is 11.7 Å². The lowest BCUT2D eigenvalue weighted by molar-refractivity contribution is -0.143. The Kier molecular flexibility index (Phi) is 8.82. The molecule has 0 radical (unpaired) electrons. The number of benzene rings is 1. The molecule has 2 heterocycles. The average molecular weight is 495 g/mol. The van der Waals surface area contributed by atoms with E-state index in [2.05, 4.69) is 5.32 Å². The highest BCUT2D eigenvalue weighted by molar-refractivity contribution is 5.83. The maximum atomic E-state index is 13.1. The second-order valence-electron chi connectivity index (χ2n) is 9.44. The van der Waals surface area contributed by atoms with Gasteiger partial charge in [-0.2, -0.15) is 26.3 Å². The Labute approximate surface area is 196 Å². The minimum atomic E-state index is -4.95. The number of alkyl halides is 6. The molecular formula is C24H32F6N2O2. The van der Waals surface area contributed by atoms with Gasteiger partial charge in [0.05, 0.1) is 17.2 Å². The van der Waals surface area contributed by atoms with Crippen molar-refractivity contribution in [3.63, 3.8) is 0 Å². The van der Waals surface area contributed by atoms with E-state index in [-0.39, 0.29) is 37.4 Å². The molecule has 1 aromatic carbocycles. The Balaban J connectivity index is 0.00000408. The van der Waals surface area contributed by atoms with Crippen molar-refractivity contribution in [1.82, 2.24) is 10.2 Å². The maximum absolute atomic E-state index is 13.1. The van der Waals surface area contributed by atoms with Crippen molar-refractivity contribution in [3.8, 4) is 0 Å². The lowest BCUT2D eigenvalue weighted by atomic mass is 9.75. The Hall–Kier alpha value is -2.10. The number of halogens is 6. The molecule has 0 saturated carbocycles. The van der Waals surface area contributed by atoms with Gasteiger partial charge in [-0.3, -0.25) is 9.59 Å². The molecule has 192 valence electrons. The predicted molar refractivity (Wildman–Crippen MR) is 116 cm³/mol. The van der Waals surface area contributed by atoms with Gasteiger partial charge < -0.3 is 10.2 Å². The largest absolute Gasteiger partial charge is 0.416 e. The van der Waals surface area contributed by atoms with Gasteiger partial charge in [-0.05, 0) is 61.4 Å². The van der Waals surface area contributed by atoms with Crippen LogP contribution < -0.4 is 5.32 Å². The zero-order valence-corrected chi connectivity index (χ0v) is 18.4. The fraction of sp³-hybridized carbons (Fsp3) is 0.667. The van der Waals surface area contributed by atoms with E-state index in [1.54, 1.807) is 4.90 Å². The van der Waals surface area contributed by atoms with Crippen molar-refractivity contribution in [2.75, 3.05) is 19.6 Å². The third-order valence-corrected chi connectivity index (χ3v) is 6.56. The molecular weight excluding hydrogens is 462 g/mol. The fourth-order valence-electron chi connectivity index (χ4n) is 4.61. The minimum Gasteiger partial charge on any atom is -0.341 e. The van der Waals surface area contributed by atoms with Crippen LogP contribution in [0.4, 0.5) is 26.3 Å². The number of hydrogen-bond acceptors (Lipinski definition) is 3. The first kappa shape index (κ1) is 28.1. The molecule has 34 heavy (non-hydrogen) atoms. The van der Waals surface area contributed by atoms with Crippen molar-refractivity contribution in [3.05, 3.63) is 34.9 Å². The molecule has 0 spiro atoms. The van der Waals surface area contributed by atoms with Gasteiger partial charge >= 0.3 is 12.4 Å². The van der Waals surface area contributed by atoms with Gasteiger partial charge in [0.1, 0.15) is 5.78 Å².